The number of fused-ring (bicyclic) bond motifs is 1. The van der Waals surface area contributed by atoms with E-state index < -0.39 is 12.0 Å². The molecular weight excluding hydrogens is 388 g/mol. The molecule has 0 bridgehead atoms. The number of ether oxygens (including phenoxy) is 2. The van der Waals surface area contributed by atoms with E-state index in [2.05, 4.69) is 20.6 Å². The van der Waals surface area contributed by atoms with E-state index in [-0.39, 0.29) is 24.5 Å². The fraction of sp³-hybridized carbons (Fsp3) is 0.238. The Morgan fingerprint density at radius 1 is 1.07 bits per heavy atom. The van der Waals surface area contributed by atoms with Crippen LogP contribution in [0, 0.1) is 13.8 Å². The van der Waals surface area contributed by atoms with Gasteiger partial charge in [0.25, 0.3) is 11.5 Å². The fourth-order valence-electron chi connectivity index (χ4n) is 2.97. The van der Waals surface area contributed by atoms with E-state index in [9.17, 15) is 14.4 Å². The number of amides is 2. The summed E-state index contributed by atoms with van der Waals surface area (Å²) in [5, 5.41) is 0.367. The van der Waals surface area contributed by atoms with Crippen LogP contribution in [0.15, 0.2) is 47.3 Å². The number of nitrogens with zero attached hydrogens (tertiary/aromatic N) is 2. The van der Waals surface area contributed by atoms with E-state index in [1.807, 2.05) is 31.2 Å². The van der Waals surface area contributed by atoms with Gasteiger partial charge in [0.05, 0.1) is 17.7 Å². The Hall–Kier alpha value is -3.88. The van der Waals surface area contributed by atoms with Crippen LogP contribution in [-0.2, 0) is 9.53 Å². The largest absolute Gasteiger partial charge is 0.481 e. The summed E-state index contributed by atoms with van der Waals surface area (Å²) < 4.78 is 11.7. The maximum absolute atomic E-state index is 13.2. The predicted molar refractivity (Wildman–Crippen MR) is 111 cm³/mol. The maximum Gasteiger partial charge on any atom is 0.426 e. The summed E-state index contributed by atoms with van der Waals surface area (Å²) in [4.78, 5) is 40.8. The minimum atomic E-state index is -0.773. The van der Waals surface area contributed by atoms with E-state index in [0.29, 0.717) is 16.7 Å². The molecular formula is C21H22N4O5. The Morgan fingerprint density at radius 2 is 1.83 bits per heavy atom. The monoisotopic (exact) mass is 410 g/mol. The van der Waals surface area contributed by atoms with Crippen molar-refractivity contribution < 1.29 is 19.1 Å². The molecule has 0 atom stereocenters. The van der Waals surface area contributed by atoms with Gasteiger partial charge in [0, 0.05) is 0 Å². The molecule has 0 saturated heterocycles. The third-order valence-corrected chi connectivity index (χ3v) is 4.32. The molecule has 3 rings (SSSR count). The number of aromatic nitrogens is 2. The van der Waals surface area contributed by atoms with E-state index in [0.717, 1.165) is 11.3 Å². The molecule has 0 aliphatic rings. The standard InChI is InChI=1S/C21H22N4O5/c1-4-29-21(28)24-23-18(26)12-30-17-11-7-9-15-19(17)22-14(3)25(20(15)27)16-10-6-5-8-13(16)2/h5-11H,4,12H2,1-3H3,(H,23,26)(H,24,28). The first kappa shape index (κ1) is 20.8. The van der Waals surface area contributed by atoms with Crippen molar-refractivity contribution in [2.24, 2.45) is 0 Å². The molecule has 0 aliphatic carbocycles. The number of rotatable bonds is 5. The highest BCUT2D eigenvalue weighted by molar-refractivity contribution is 5.85. The summed E-state index contributed by atoms with van der Waals surface area (Å²) in [5.74, 6) is 0.187. The molecule has 9 nitrogen and oxygen atoms in total. The molecule has 1 aromatic heterocycles. The first-order chi connectivity index (χ1) is 14.4. The van der Waals surface area contributed by atoms with Crippen LogP contribution >= 0.6 is 0 Å². The van der Waals surface area contributed by atoms with Crippen LogP contribution in [0.3, 0.4) is 0 Å². The average molecular weight is 410 g/mol. The number of para-hydroxylation sites is 2. The van der Waals surface area contributed by atoms with Gasteiger partial charge in [-0.2, -0.15) is 0 Å². The number of benzene rings is 2. The second kappa shape index (κ2) is 9.08. The highest BCUT2D eigenvalue weighted by Gasteiger charge is 2.15. The average Bonchev–Trinajstić information content (AvgIpc) is 2.72. The zero-order valence-corrected chi connectivity index (χ0v) is 16.9. The van der Waals surface area contributed by atoms with Gasteiger partial charge in [-0.1, -0.05) is 24.3 Å². The van der Waals surface area contributed by atoms with Crippen molar-refractivity contribution in [1.29, 1.82) is 0 Å². The molecule has 2 N–H and O–H groups in total. The second-order valence-electron chi connectivity index (χ2n) is 6.42. The van der Waals surface area contributed by atoms with Crippen molar-refractivity contribution >= 4 is 22.9 Å². The molecule has 0 fully saturated rings. The highest BCUT2D eigenvalue weighted by atomic mass is 16.6. The summed E-state index contributed by atoms with van der Waals surface area (Å²) in [6, 6.07) is 12.5. The van der Waals surface area contributed by atoms with Gasteiger partial charge in [0.1, 0.15) is 17.1 Å². The number of hydrazine groups is 1. The zero-order chi connectivity index (χ0) is 21.7. The zero-order valence-electron chi connectivity index (χ0n) is 16.9. The Balaban J connectivity index is 1.86. The molecule has 0 unspecified atom stereocenters. The minimum absolute atomic E-state index is 0.180. The molecule has 156 valence electrons. The second-order valence-corrected chi connectivity index (χ2v) is 6.42. The van der Waals surface area contributed by atoms with E-state index in [1.165, 1.54) is 0 Å². The van der Waals surface area contributed by atoms with Crippen molar-refractivity contribution in [2.75, 3.05) is 13.2 Å². The Bertz CT molecular complexity index is 1160. The SMILES string of the molecule is CCOC(=O)NNC(=O)COc1cccc2c(=O)n(-c3ccccc3C)c(C)nc12. The van der Waals surface area contributed by atoms with Crippen molar-refractivity contribution in [3.8, 4) is 11.4 Å². The van der Waals surface area contributed by atoms with Crippen molar-refractivity contribution in [3.63, 3.8) is 0 Å². The van der Waals surface area contributed by atoms with Gasteiger partial charge < -0.3 is 9.47 Å². The van der Waals surface area contributed by atoms with Gasteiger partial charge in [0.15, 0.2) is 6.61 Å². The molecule has 30 heavy (non-hydrogen) atoms. The van der Waals surface area contributed by atoms with Gasteiger partial charge >= 0.3 is 6.09 Å². The predicted octanol–water partition coefficient (Wildman–Crippen LogP) is 2.16. The molecule has 0 spiro atoms. The molecule has 2 aromatic carbocycles. The topological polar surface area (TPSA) is 112 Å². The van der Waals surface area contributed by atoms with Gasteiger partial charge in [-0.25, -0.2) is 15.2 Å². The summed E-state index contributed by atoms with van der Waals surface area (Å²) in [6.45, 7) is 5.10. The number of aryl methyl sites for hydroxylation is 2. The number of carbonyl (C=O) groups is 2. The summed E-state index contributed by atoms with van der Waals surface area (Å²) >= 11 is 0. The lowest BCUT2D eigenvalue weighted by atomic mass is 10.1. The van der Waals surface area contributed by atoms with Crippen LogP contribution in [0.2, 0.25) is 0 Å². The number of hydrogen-bond donors (Lipinski definition) is 2. The van der Waals surface area contributed by atoms with Crippen LogP contribution in [-0.4, -0.2) is 34.8 Å². The van der Waals surface area contributed by atoms with Gasteiger partial charge in [0.2, 0.25) is 0 Å². The third-order valence-electron chi connectivity index (χ3n) is 4.32. The van der Waals surface area contributed by atoms with Gasteiger partial charge in [-0.15, -0.1) is 0 Å². The number of carbonyl (C=O) groups excluding carboxylic acids is 2. The lowest BCUT2D eigenvalue weighted by Gasteiger charge is -2.15. The smallest absolute Gasteiger partial charge is 0.426 e. The molecule has 1 heterocycles. The van der Waals surface area contributed by atoms with Crippen LogP contribution < -0.4 is 21.1 Å². The molecule has 3 aromatic rings. The van der Waals surface area contributed by atoms with Crippen LogP contribution in [0.25, 0.3) is 16.6 Å². The molecule has 0 aliphatic heterocycles. The van der Waals surface area contributed by atoms with Crippen LogP contribution in [0.1, 0.15) is 18.3 Å². The first-order valence-electron chi connectivity index (χ1n) is 9.35. The Morgan fingerprint density at radius 3 is 2.57 bits per heavy atom. The lowest BCUT2D eigenvalue weighted by Crippen LogP contribution is -2.44. The lowest BCUT2D eigenvalue weighted by molar-refractivity contribution is -0.123. The number of nitrogens with one attached hydrogen (secondary N) is 2. The normalized spacial score (nSPS) is 10.5. The summed E-state index contributed by atoms with van der Waals surface area (Å²) in [7, 11) is 0. The van der Waals surface area contributed by atoms with Crippen LogP contribution in [0.5, 0.6) is 5.75 Å². The molecule has 0 radical (unpaired) electrons. The fourth-order valence-corrected chi connectivity index (χ4v) is 2.97. The van der Waals surface area contributed by atoms with Crippen molar-refractivity contribution in [2.45, 2.75) is 20.8 Å². The van der Waals surface area contributed by atoms with Crippen molar-refractivity contribution in [1.82, 2.24) is 20.4 Å². The third kappa shape index (κ3) is 4.40. The van der Waals surface area contributed by atoms with E-state index >= 15 is 0 Å². The van der Waals surface area contributed by atoms with E-state index in [4.69, 9.17) is 4.74 Å². The first-order valence-corrected chi connectivity index (χ1v) is 9.35. The van der Waals surface area contributed by atoms with E-state index in [1.54, 1.807) is 36.6 Å². The molecule has 2 amide bonds. The maximum atomic E-state index is 13.2. The summed E-state index contributed by atoms with van der Waals surface area (Å²) in [6.07, 6.45) is -0.773. The van der Waals surface area contributed by atoms with Gasteiger partial charge in [-0.05, 0) is 44.5 Å². The molecule has 9 heteroatoms. The number of hydrogen-bond acceptors (Lipinski definition) is 6. The Labute approximate surface area is 172 Å². The Kier molecular flexibility index (Phi) is 6.31. The van der Waals surface area contributed by atoms with Gasteiger partial charge in [-0.3, -0.25) is 19.6 Å². The van der Waals surface area contributed by atoms with Crippen molar-refractivity contribution in [3.05, 3.63) is 64.2 Å². The van der Waals surface area contributed by atoms with Crippen LogP contribution in [0.4, 0.5) is 4.79 Å². The minimum Gasteiger partial charge on any atom is -0.481 e. The molecule has 0 saturated carbocycles. The summed E-state index contributed by atoms with van der Waals surface area (Å²) in [5.41, 5.74) is 6.09. The quantitative estimate of drug-likeness (QED) is 0.624. The highest BCUT2D eigenvalue weighted by Crippen LogP contribution is 2.23.